The zero-order chi connectivity index (χ0) is 17.4. The number of hydrogen-bond donors (Lipinski definition) is 1. The molecule has 1 saturated heterocycles. The highest BCUT2D eigenvalue weighted by Crippen LogP contribution is 2.28. The van der Waals surface area contributed by atoms with E-state index in [1.807, 2.05) is 7.05 Å². The lowest BCUT2D eigenvalue weighted by Crippen LogP contribution is -2.39. The third-order valence-corrected chi connectivity index (χ3v) is 4.66. The number of likely N-dealkylation sites (tertiary alicyclic amines) is 1. The Morgan fingerprint density at radius 3 is 3.12 bits per heavy atom. The first-order chi connectivity index (χ1) is 12.2. The Labute approximate surface area is 143 Å². The van der Waals surface area contributed by atoms with E-state index in [-0.39, 0.29) is 24.2 Å². The van der Waals surface area contributed by atoms with Gasteiger partial charge in [-0.2, -0.15) is 0 Å². The smallest absolute Gasteiger partial charge is 0.293 e. The van der Waals surface area contributed by atoms with Crippen LogP contribution in [0.25, 0.3) is 11.0 Å². The molecule has 0 radical (unpaired) electrons. The van der Waals surface area contributed by atoms with Crippen molar-refractivity contribution in [3.05, 3.63) is 35.7 Å². The van der Waals surface area contributed by atoms with Crippen molar-refractivity contribution in [3.63, 3.8) is 0 Å². The van der Waals surface area contributed by atoms with Crippen molar-refractivity contribution in [1.29, 1.82) is 0 Å². The van der Waals surface area contributed by atoms with Crippen LogP contribution in [-0.4, -0.2) is 53.9 Å². The normalized spacial score (nSPS) is 18.0. The minimum absolute atomic E-state index is 0.0720. The molecule has 0 saturated carbocycles. The van der Waals surface area contributed by atoms with E-state index in [0.717, 1.165) is 18.7 Å². The maximum Gasteiger partial charge on any atom is 0.293 e. The molecule has 0 spiro atoms. The molecule has 130 valence electrons. The van der Waals surface area contributed by atoms with Gasteiger partial charge in [-0.3, -0.25) is 4.79 Å². The van der Waals surface area contributed by atoms with Crippen LogP contribution in [-0.2, 0) is 13.7 Å². The minimum Gasteiger partial charge on any atom is -0.388 e. The predicted octanol–water partition coefficient (Wildman–Crippen LogP) is 0.863. The Hall–Kier alpha value is -2.81. The summed E-state index contributed by atoms with van der Waals surface area (Å²) in [7, 11) is 1.83. The third kappa shape index (κ3) is 2.66. The molecular weight excluding hydrogens is 324 g/mol. The summed E-state index contributed by atoms with van der Waals surface area (Å²) in [5.41, 5.74) is 0.431. The summed E-state index contributed by atoms with van der Waals surface area (Å²) in [5.74, 6) is 1.40. The number of piperidine rings is 1. The van der Waals surface area contributed by atoms with Crippen LogP contribution in [0.5, 0.6) is 0 Å². The molecule has 0 aromatic carbocycles. The Bertz CT molecular complexity index is 918. The van der Waals surface area contributed by atoms with Crippen molar-refractivity contribution < 1.29 is 14.4 Å². The summed E-state index contributed by atoms with van der Waals surface area (Å²) >= 11 is 0. The van der Waals surface area contributed by atoms with Gasteiger partial charge in [-0.15, -0.1) is 10.2 Å². The molecule has 9 heteroatoms. The van der Waals surface area contributed by atoms with Crippen LogP contribution in [0.4, 0.5) is 0 Å². The average molecular weight is 342 g/mol. The molecule has 1 atom stereocenters. The fraction of sp³-hybridized carbons (Fsp3) is 0.438. The maximum absolute atomic E-state index is 12.9. The lowest BCUT2D eigenvalue weighted by Gasteiger charge is -2.31. The van der Waals surface area contributed by atoms with Crippen LogP contribution in [0.3, 0.4) is 0 Å². The maximum atomic E-state index is 12.9. The van der Waals surface area contributed by atoms with Crippen LogP contribution in [0.1, 0.15) is 41.0 Å². The van der Waals surface area contributed by atoms with Gasteiger partial charge in [-0.05, 0) is 25.0 Å². The molecule has 3 aromatic heterocycles. The lowest BCUT2D eigenvalue weighted by molar-refractivity contribution is 0.0664. The summed E-state index contributed by atoms with van der Waals surface area (Å²) in [4.78, 5) is 18.7. The molecule has 0 aliphatic carbocycles. The fourth-order valence-corrected chi connectivity index (χ4v) is 3.32. The van der Waals surface area contributed by atoms with Gasteiger partial charge in [0, 0.05) is 32.3 Å². The number of aliphatic hydroxyl groups excluding tert-OH is 1. The molecule has 4 heterocycles. The summed E-state index contributed by atoms with van der Waals surface area (Å²) in [6.45, 7) is 1.02. The van der Waals surface area contributed by atoms with Gasteiger partial charge in [0.05, 0.1) is 5.39 Å². The number of carbonyl (C=O) groups is 1. The van der Waals surface area contributed by atoms with Crippen LogP contribution < -0.4 is 0 Å². The molecule has 1 unspecified atom stereocenters. The number of amides is 1. The molecule has 1 aliphatic rings. The van der Waals surface area contributed by atoms with Crippen molar-refractivity contribution in [3.8, 4) is 0 Å². The van der Waals surface area contributed by atoms with Crippen LogP contribution in [0.2, 0.25) is 0 Å². The number of fused-ring (bicyclic) bond motifs is 1. The fourth-order valence-electron chi connectivity index (χ4n) is 3.32. The minimum atomic E-state index is -0.190. The number of carbonyl (C=O) groups excluding carboxylic acids is 1. The quantitative estimate of drug-likeness (QED) is 0.751. The van der Waals surface area contributed by atoms with Gasteiger partial charge in [0.1, 0.15) is 12.4 Å². The van der Waals surface area contributed by atoms with E-state index in [1.165, 1.54) is 0 Å². The Morgan fingerprint density at radius 2 is 2.32 bits per heavy atom. The summed E-state index contributed by atoms with van der Waals surface area (Å²) in [6.07, 6.45) is 3.39. The Morgan fingerprint density at radius 1 is 1.44 bits per heavy atom. The molecule has 0 bridgehead atoms. The van der Waals surface area contributed by atoms with Gasteiger partial charge < -0.3 is 19.1 Å². The van der Waals surface area contributed by atoms with E-state index in [4.69, 9.17) is 4.52 Å². The number of nitrogens with zero attached hydrogens (tertiary/aromatic N) is 6. The second-order valence-electron chi connectivity index (χ2n) is 6.17. The zero-order valence-corrected chi connectivity index (χ0v) is 13.8. The van der Waals surface area contributed by atoms with E-state index in [0.29, 0.717) is 29.9 Å². The summed E-state index contributed by atoms with van der Waals surface area (Å²) in [6, 6.07) is 3.54. The van der Waals surface area contributed by atoms with Crippen molar-refractivity contribution in [2.75, 3.05) is 13.1 Å². The van der Waals surface area contributed by atoms with Gasteiger partial charge in [0.15, 0.2) is 5.82 Å². The standard InChI is InChI=1S/C16H18N6O3/c1-21-12(9-23)18-19-15(21)10-4-3-7-22(8-10)16(24)13-11-5-2-6-17-14(11)20-25-13/h2,5-6,10,23H,3-4,7-9H2,1H3. The molecule has 1 N–H and O–H groups in total. The Balaban J connectivity index is 1.58. The third-order valence-electron chi connectivity index (χ3n) is 4.66. The van der Waals surface area contributed by atoms with E-state index in [9.17, 15) is 9.90 Å². The first-order valence-electron chi connectivity index (χ1n) is 8.17. The summed E-state index contributed by atoms with van der Waals surface area (Å²) in [5, 5.41) is 21.9. The number of pyridine rings is 1. The highest BCUT2D eigenvalue weighted by atomic mass is 16.5. The summed E-state index contributed by atoms with van der Waals surface area (Å²) < 4.78 is 7.04. The number of hydrogen-bond acceptors (Lipinski definition) is 7. The van der Waals surface area contributed by atoms with Gasteiger partial charge in [-0.25, -0.2) is 4.98 Å². The topological polar surface area (TPSA) is 110 Å². The molecule has 1 fully saturated rings. The molecule has 1 amide bonds. The molecule has 9 nitrogen and oxygen atoms in total. The molecule has 1 aliphatic heterocycles. The molecular formula is C16H18N6O3. The SMILES string of the molecule is Cn1c(CO)nnc1C1CCCN(C(=O)c2onc3ncccc23)C1. The monoisotopic (exact) mass is 342 g/mol. The Kier molecular flexibility index (Phi) is 3.92. The van der Waals surface area contributed by atoms with E-state index < -0.39 is 0 Å². The lowest BCUT2D eigenvalue weighted by atomic mass is 9.97. The van der Waals surface area contributed by atoms with Crippen LogP contribution in [0, 0.1) is 0 Å². The number of aromatic nitrogens is 5. The highest BCUT2D eigenvalue weighted by Gasteiger charge is 2.31. The highest BCUT2D eigenvalue weighted by molar-refractivity contribution is 6.02. The van der Waals surface area contributed by atoms with E-state index in [2.05, 4.69) is 20.3 Å². The van der Waals surface area contributed by atoms with Gasteiger partial charge in [-0.1, -0.05) is 5.16 Å². The zero-order valence-electron chi connectivity index (χ0n) is 13.8. The number of aliphatic hydroxyl groups is 1. The van der Waals surface area contributed by atoms with Gasteiger partial charge >= 0.3 is 0 Å². The second kappa shape index (κ2) is 6.25. The van der Waals surface area contributed by atoms with Crippen LogP contribution in [0.15, 0.2) is 22.9 Å². The molecule has 25 heavy (non-hydrogen) atoms. The largest absolute Gasteiger partial charge is 0.388 e. The second-order valence-corrected chi connectivity index (χ2v) is 6.17. The van der Waals surface area contributed by atoms with Crippen molar-refractivity contribution in [2.45, 2.75) is 25.4 Å². The van der Waals surface area contributed by atoms with Crippen LogP contribution >= 0.6 is 0 Å². The van der Waals surface area contributed by atoms with Gasteiger partial charge in [0.25, 0.3) is 5.91 Å². The molecule has 3 aromatic rings. The first-order valence-corrected chi connectivity index (χ1v) is 8.17. The average Bonchev–Trinajstić information content (AvgIpc) is 3.24. The van der Waals surface area contributed by atoms with Gasteiger partial charge in [0.2, 0.25) is 11.4 Å². The number of rotatable bonds is 3. The van der Waals surface area contributed by atoms with Crippen molar-refractivity contribution >= 4 is 16.9 Å². The predicted molar refractivity (Wildman–Crippen MR) is 86.6 cm³/mol. The van der Waals surface area contributed by atoms with Crippen molar-refractivity contribution in [1.82, 2.24) is 29.8 Å². The van der Waals surface area contributed by atoms with Crippen molar-refractivity contribution in [2.24, 2.45) is 7.05 Å². The molecule has 4 rings (SSSR count). The first kappa shape index (κ1) is 15.7. The van der Waals surface area contributed by atoms with E-state index in [1.54, 1.807) is 27.8 Å². The van der Waals surface area contributed by atoms with E-state index >= 15 is 0 Å².